The van der Waals surface area contributed by atoms with Crippen LogP contribution in [0.1, 0.15) is 26.2 Å². The molecule has 16 heavy (non-hydrogen) atoms. The van der Waals surface area contributed by atoms with Gasteiger partial charge in [-0.25, -0.2) is 0 Å². The van der Waals surface area contributed by atoms with Gasteiger partial charge in [0.05, 0.1) is 0 Å². The summed E-state index contributed by atoms with van der Waals surface area (Å²) in [6, 6.07) is 0. The number of hydrogen-bond acceptors (Lipinski definition) is 2. The lowest BCUT2D eigenvalue weighted by Crippen LogP contribution is -2.27. The lowest BCUT2D eigenvalue weighted by atomic mass is 9.80. The average Bonchev–Trinajstić information content (AvgIpc) is 2.36. The highest BCUT2D eigenvalue weighted by molar-refractivity contribution is 5.44. The van der Waals surface area contributed by atoms with Crippen LogP contribution in [-0.2, 0) is 0 Å². The molecule has 88 valence electrons. The van der Waals surface area contributed by atoms with Gasteiger partial charge in [0.15, 0.2) is 0 Å². The minimum atomic E-state index is 0.724. The maximum absolute atomic E-state index is 3.35. The largest absolute Gasteiger partial charge is 0.388 e. The Morgan fingerprint density at radius 1 is 1.50 bits per heavy atom. The van der Waals surface area contributed by atoms with Crippen LogP contribution < -0.4 is 5.32 Å². The van der Waals surface area contributed by atoms with Crippen molar-refractivity contribution >= 4 is 0 Å². The molecule has 0 aliphatic heterocycles. The molecule has 2 rings (SSSR count). The summed E-state index contributed by atoms with van der Waals surface area (Å²) in [6.07, 6.45) is 10.7. The molecule has 1 unspecified atom stereocenters. The number of likely N-dealkylation sites (N-methyl/N-ethyl adjacent to an activating group) is 2. The van der Waals surface area contributed by atoms with Crippen molar-refractivity contribution in [1.29, 1.82) is 0 Å². The quantitative estimate of drug-likeness (QED) is 0.783. The molecular weight excluding hydrogens is 196 g/mol. The van der Waals surface area contributed by atoms with Gasteiger partial charge < -0.3 is 10.2 Å². The Balaban J connectivity index is 2.43. The van der Waals surface area contributed by atoms with Crippen LogP contribution in [0.2, 0.25) is 0 Å². The van der Waals surface area contributed by atoms with Gasteiger partial charge in [0, 0.05) is 37.6 Å². The van der Waals surface area contributed by atoms with Crippen LogP contribution in [-0.4, -0.2) is 25.5 Å². The van der Waals surface area contributed by atoms with Gasteiger partial charge in [-0.2, -0.15) is 0 Å². The number of nitrogens with zero attached hydrogens (tertiary/aromatic N) is 1. The second-order valence-electron chi connectivity index (χ2n) is 4.59. The molecule has 0 heterocycles. The van der Waals surface area contributed by atoms with Crippen LogP contribution >= 0.6 is 0 Å². The normalized spacial score (nSPS) is 23.9. The first kappa shape index (κ1) is 11.3. The fourth-order valence-corrected chi connectivity index (χ4v) is 2.66. The Bertz CT molecular complexity index is 350. The van der Waals surface area contributed by atoms with Crippen LogP contribution in [0.3, 0.4) is 0 Å². The average molecular weight is 218 g/mol. The summed E-state index contributed by atoms with van der Waals surface area (Å²) in [5.41, 5.74) is 4.27. The van der Waals surface area contributed by atoms with Crippen molar-refractivity contribution in [2.45, 2.75) is 26.2 Å². The molecular formula is C14H22N2. The van der Waals surface area contributed by atoms with Crippen LogP contribution in [0.15, 0.2) is 35.2 Å². The van der Waals surface area contributed by atoms with Crippen LogP contribution in [0, 0.1) is 5.92 Å². The first-order valence-corrected chi connectivity index (χ1v) is 6.28. The van der Waals surface area contributed by atoms with E-state index >= 15 is 0 Å². The van der Waals surface area contributed by atoms with E-state index in [1.165, 1.54) is 36.2 Å². The molecule has 0 saturated carbocycles. The molecule has 0 aromatic heterocycles. The predicted molar refractivity (Wildman–Crippen MR) is 69.0 cm³/mol. The summed E-state index contributed by atoms with van der Waals surface area (Å²) in [6.45, 7) is 3.27. The molecule has 1 atom stereocenters. The van der Waals surface area contributed by atoms with Crippen molar-refractivity contribution in [2.24, 2.45) is 5.92 Å². The van der Waals surface area contributed by atoms with Gasteiger partial charge in [-0.1, -0.05) is 12.2 Å². The number of rotatable bonds is 3. The summed E-state index contributed by atoms with van der Waals surface area (Å²) in [5, 5.41) is 3.35. The highest BCUT2D eigenvalue weighted by Gasteiger charge is 2.26. The SMILES string of the molecule is CCN(C)C1=C2C(NC)=CCCC2CC=C1. The summed E-state index contributed by atoms with van der Waals surface area (Å²) >= 11 is 0. The van der Waals surface area contributed by atoms with Crippen molar-refractivity contribution in [2.75, 3.05) is 20.6 Å². The van der Waals surface area contributed by atoms with Crippen LogP contribution in [0.25, 0.3) is 0 Å². The number of hydrogen-bond donors (Lipinski definition) is 1. The molecule has 0 spiro atoms. The van der Waals surface area contributed by atoms with Crippen LogP contribution in [0.4, 0.5) is 0 Å². The Kier molecular flexibility index (Phi) is 3.37. The predicted octanol–water partition coefficient (Wildman–Crippen LogP) is 2.67. The third-order valence-electron chi connectivity index (χ3n) is 3.69. The molecule has 0 fully saturated rings. The molecule has 0 aromatic rings. The van der Waals surface area contributed by atoms with Gasteiger partial charge in [0.1, 0.15) is 0 Å². The van der Waals surface area contributed by atoms with Crippen LogP contribution in [0.5, 0.6) is 0 Å². The van der Waals surface area contributed by atoms with Crippen molar-refractivity contribution in [1.82, 2.24) is 10.2 Å². The summed E-state index contributed by atoms with van der Waals surface area (Å²) in [4.78, 5) is 2.34. The molecule has 2 aliphatic rings. The number of fused-ring (bicyclic) bond motifs is 1. The summed E-state index contributed by atoms with van der Waals surface area (Å²) < 4.78 is 0. The van der Waals surface area contributed by atoms with Gasteiger partial charge in [-0.3, -0.25) is 0 Å². The maximum atomic E-state index is 3.35. The fourth-order valence-electron chi connectivity index (χ4n) is 2.66. The van der Waals surface area contributed by atoms with Gasteiger partial charge >= 0.3 is 0 Å². The first-order chi connectivity index (χ1) is 7.77. The van der Waals surface area contributed by atoms with E-state index in [0.29, 0.717) is 0 Å². The van der Waals surface area contributed by atoms with E-state index in [1.807, 2.05) is 7.05 Å². The van der Waals surface area contributed by atoms with E-state index in [4.69, 9.17) is 0 Å². The van der Waals surface area contributed by atoms with Crippen molar-refractivity contribution in [3.05, 3.63) is 35.2 Å². The minimum Gasteiger partial charge on any atom is -0.388 e. The van der Waals surface area contributed by atoms with E-state index in [2.05, 4.69) is 42.4 Å². The Labute approximate surface area is 98.7 Å². The first-order valence-electron chi connectivity index (χ1n) is 6.28. The standard InChI is InChI=1S/C14H22N2/c1-4-16(3)13-10-6-8-11-7-5-9-12(15-2)14(11)13/h6,9-11,15H,4-5,7-8H2,1-3H3. The monoisotopic (exact) mass is 218 g/mol. The zero-order valence-electron chi connectivity index (χ0n) is 10.6. The van der Waals surface area contributed by atoms with Gasteiger partial charge in [-0.05, 0) is 38.2 Å². The zero-order valence-corrected chi connectivity index (χ0v) is 10.6. The summed E-state index contributed by atoms with van der Waals surface area (Å²) in [7, 11) is 4.21. The molecule has 0 saturated heterocycles. The number of nitrogens with one attached hydrogen (secondary N) is 1. The molecule has 2 heteroatoms. The Hall–Kier alpha value is -1.18. The highest BCUT2D eigenvalue weighted by atomic mass is 15.1. The lowest BCUT2D eigenvalue weighted by molar-refractivity contribution is 0.425. The van der Waals surface area contributed by atoms with Crippen molar-refractivity contribution in [3.8, 4) is 0 Å². The molecule has 0 aromatic carbocycles. The van der Waals surface area contributed by atoms with Gasteiger partial charge in [-0.15, -0.1) is 0 Å². The molecule has 0 amide bonds. The maximum Gasteiger partial charge on any atom is 0.0416 e. The van der Waals surface area contributed by atoms with E-state index in [9.17, 15) is 0 Å². The van der Waals surface area contributed by atoms with E-state index in [-0.39, 0.29) is 0 Å². The number of allylic oxidation sites excluding steroid dienone is 4. The van der Waals surface area contributed by atoms with Crippen molar-refractivity contribution in [3.63, 3.8) is 0 Å². The minimum absolute atomic E-state index is 0.724. The Morgan fingerprint density at radius 3 is 3.00 bits per heavy atom. The molecule has 2 aliphatic carbocycles. The molecule has 2 nitrogen and oxygen atoms in total. The molecule has 1 N–H and O–H groups in total. The van der Waals surface area contributed by atoms with E-state index in [1.54, 1.807) is 0 Å². The zero-order chi connectivity index (χ0) is 11.5. The van der Waals surface area contributed by atoms with E-state index < -0.39 is 0 Å². The second kappa shape index (κ2) is 4.77. The van der Waals surface area contributed by atoms with Crippen molar-refractivity contribution < 1.29 is 0 Å². The topological polar surface area (TPSA) is 15.3 Å². The second-order valence-corrected chi connectivity index (χ2v) is 4.59. The van der Waals surface area contributed by atoms with Gasteiger partial charge in [0.2, 0.25) is 0 Å². The van der Waals surface area contributed by atoms with E-state index in [0.717, 1.165) is 12.5 Å². The lowest BCUT2D eigenvalue weighted by Gasteiger charge is -2.33. The third-order valence-corrected chi connectivity index (χ3v) is 3.69. The molecule has 0 bridgehead atoms. The highest BCUT2D eigenvalue weighted by Crippen LogP contribution is 2.37. The fraction of sp³-hybridized carbons (Fsp3) is 0.571. The summed E-state index contributed by atoms with van der Waals surface area (Å²) in [5.74, 6) is 0.724. The Morgan fingerprint density at radius 2 is 2.31 bits per heavy atom. The third kappa shape index (κ3) is 1.89. The molecule has 0 radical (unpaired) electrons. The van der Waals surface area contributed by atoms with Gasteiger partial charge in [0.25, 0.3) is 0 Å². The smallest absolute Gasteiger partial charge is 0.0416 e.